The molecule has 1 saturated heterocycles. The molecule has 3 heterocycles. The van der Waals surface area contributed by atoms with E-state index in [9.17, 15) is 24.3 Å². The van der Waals surface area contributed by atoms with Crippen LogP contribution in [0.3, 0.4) is 0 Å². The summed E-state index contributed by atoms with van der Waals surface area (Å²) in [5.41, 5.74) is -0.381. The van der Waals surface area contributed by atoms with Crippen LogP contribution in [0.1, 0.15) is 80.1 Å². The number of aromatic nitrogens is 2. The van der Waals surface area contributed by atoms with Gasteiger partial charge in [0.1, 0.15) is 53.6 Å². The Balaban J connectivity index is 1.19. The highest BCUT2D eigenvalue weighted by atomic mass is 32.1. The summed E-state index contributed by atoms with van der Waals surface area (Å²) < 4.78 is 23.6. The Morgan fingerprint density at radius 3 is 2.43 bits per heavy atom. The van der Waals surface area contributed by atoms with Gasteiger partial charge in [-0.05, 0) is 74.8 Å². The van der Waals surface area contributed by atoms with E-state index < -0.39 is 53.0 Å². The van der Waals surface area contributed by atoms with Crippen LogP contribution in [-0.2, 0) is 23.9 Å². The fraction of sp³-hybridized carbons (Fsp3) is 0.619. The molecule has 4 N–H and O–H groups in total. The molecule has 16 heteroatoms. The number of hydrogen-bond donors (Lipinski definition) is 4. The highest BCUT2D eigenvalue weighted by Gasteiger charge is 2.61. The number of amides is 3. The van der Waals surface area contributed by atoms with Gasteiger partial charge in [-0.3, -0.25) is 9.59 Å². The highest BCUT2D eigenvalue weighted by Crippen LogP contribution is 2.52. The van der Waals surface area contributed by atoms with Crippen molar-refractivity contribution in [2.45, 2.75) is 116 Å². The minimum atomic E-state index is -1.40. The van der Waals surface area contributed by atoms with Crippen molar-refractivity contribution in [1.82, 2.24) is 25.5 Å². The molecular weight excluding hydrogens is 765 g/mol. The van der Waals surface area contributed by atoms with Gasteiger partial charge in [0.25, 0.3) is 0 Å². The number of carbonyl (C=O) groups excluding carboxylic acids is 3. The summed E-state index contributed by atoms with van der Waals surface area (Å²) >= 11 is 1.46. The zero-order valence-corrected chi connectivity index (χ0v) is 35.1. The minimum absolute atomic E-state index is 0.00000991. The van der Waals surface area contributed by atoms with E-state index in [4.69, 9.17) is 28.9 Å². The molecule has 0 unspecified atom stereocenters. The molecule has 1 aromatic carbocycles. The van der Waals surface area contributed by atoms with Gasteiger partial charge in [-0.2, -0.15) is 0 Å². The largest absolute Gasteiger partial charge is 0.491 e. The number of carboxylic acids is 1. The Kier molecular flexibility index (Phi) is 11.8. The van der Waals surface area contributed by atoms with E-state index in [1.54, 1.807) is 13.2 Å². The molecule has 0 radical (unpaired) electrons. The molecule has 4 fully saturated rings. The van der Waals surface area contributed by atoms with Crippen LogP contribution >= 0.6 is 11.3 Å². The van der Waals surface area contributed by atoms with Gasteiger partial charge in [-0.25, -0.2) is 19.6 Å². The predicted molar refractivity (Wildman–Crippen MR) is 218 cm³/mol. The first-order chi connectivity index (χ1) is 27.6. The van der Waals surface area contributed by atoms with Crippen LogP contribution < -0.4 is 25.4 Å². The quantitative estimate of drug-likeness (QED) is 0.126. The lowest BCUT2D eigenvalue weighted by molar-refractivity contribution is -0.146. The second-order valence-corrected chi connectivity index (χ2v) is 18.5. The van der Waals surface area contributed by atoms with Crippen LogP contribution in [0.25, 0.3) is 22.3 Å². The number of likely N-dealkylation sites (tertiary alicyclic amines) is 1. The zero-order chi connectivity index (χ0) is 41.5. The van der Waals surface area contributed by atoms with Gasteiger partial charge in [0.2, 0.25) is 11.8 Å². The maximum Gasteiger partial charge on any atom is 0.408 e. The van der Waals surface area contributed by atoms with Gasteiger partial charge in [-0.1, -0.05) is 34.1 Å². The fourth-order valence-electron chi connectivity index (χ4n) is 8.46. The summed E-state index contributed by atoms with van der Waals surface area (Å²) in [4.78, 5) is 65.8. The Labute approximate surface area is 342 Å². The number of pyridine rings is 1. The van der Waals surface area contributed by atoms with Crippen molar-refractivity contribution in [3.05, 3.63) is 29.6 Å². The number of nitrogens with one attached hydrogen (secondary N) is 3. The van der Waals surface area contributed by atoms with Gasteiger partial charge < -0.3 is 44.9 Å². The third kappa shape index (κ3) is 8.97. The fourth-order valence-corrected chi connectivity index (χ4v) is 9.32. The minimum Gasteiger partial charge on any atom is -0.491 e. The van der Waals surface area contributed by atoms with Crippen LogP contribution in [0.5, 0.6) is 11.5 Å². The smallest absolute Gasteiger partial charge is 0.408 e. The van der Waals surface area contributed by atoms with Crippen molar-refractivity contribution in [1.29, 1.82) is 0 Å². The van der Waals surface area contributed by atoms with Crippen LogP contribution in [0, 0.1) is 23.2 Å². The molecule has 314 valence electrons. The van der Waals surface area contributed by atoms with Crippen molar-refractivity contribution in [2.75, 3.05) is 32.2 Å². The van der Waals surface area contributed by atoms with Gasteiger partial charge >= 0.3 is 12.1 Å². The summed E-state index contributed by atoms with van der Waals surface area (Å²) in [6.07, 6.45) is 2.25. The Bertz CT molecular complexity index is 2020. The lowest BCUT2D eigenvalue weighted by atomic mass is 9.85. The van der Waals surface area contributed by atoms with Crippen LogP contribution in [-0.4, -0.2) is 107 Å². The topological polar surface area (TPSA) is 191 Å². The number of rotatable bonds is 16. The lowest BCUT2D eigenvalue weighted by Crippen LogP contribution is -2.59. The number of nitrogens with zero attached hydrogens (tertiary/aromatic N) is 3. The number of carbonyl (C=O) groups is 4. The van der Waals surface area contributed by atoms with Gasteiger partial charge in [0, 0.05) is 42.5 Å². The number of alkyl carbamates (subject to hydrolysis) is 1. The molecular formula is C42H56N6O9S. The molecule has 58 heavy (non-hydrogen) atoms. The molecule has 15 nitrogen and oxygen atoms in total. The average molecular weight is 821 g/mol. The molecule has 0 spiro atoms. The number of thiazole rings is 1. The first kappa shape index (κ1) is 41.5. The van der Waals surface area contributed by atoms with Gasteiger partial charge in [0.15, 0.2) is 5.13 Å². The van der Waals surface area contributed by atoms with E-state index in [2.05, 4.69) is 16.0 Å². The third-order valence-electron chi connectivity index (χ3n) is 11.8. The zero-order valence-electron chi connectivity index (χ0n) is 34.3. The van der Waals surface area contributed by atoms with Crippen molar-refractivity contribution in [3.63, 3.8) is 0 Å². The van der Waals surface area contributed by atoms with E-state index in [0.717, 1.165) is 18.0 Å². The maximum atomic E-state index is 14.7. The van der Waals surface area contributed by atoms with Crippen molar-refractivity contribution < 1.29 is 43.2 Å². The highest BCUT2D eigenvalue weighted by molar-refractivity contribution is 7.14. The number of carboxylic acid groups (broad SMARTS) is 1. The summed E-state index contributed by atoms with van der Waals surface area (Å²) in [6.45, 7) is 12.2. The third-order valence-corrected chi connectivity index (χ3v) is 12.6. The molecule has 3 saturated carbocycles. The maximum absolute atomic E-state index is 14.7. The number of methoxy groups -OCH3 is 1. The molecule has 8 atom stereocenters. The summed E-state index contributed by atoms with van der Waals surface area (Å²) in [5.74, 6) is -0.114. The first-order valence-corrected chi connectivity index (χ1v) is 21.2. The molecule has 0 bridgehead atoms. The number of fused-ring (bicyclic) bond motifs is 2. The normalized spacial score (nSPS) is 26.5. The molecule has 1 aliphatic heterocycles. The number of hydrogen-bond acceptors (Lipinski definition) is 12. The molecule has 7 rings (SSSR count). The molecule has 3 amide bonds. The number of ether oxygens (including phenoxy) is 4. The van der Waals surface area contributed by atoms with Gasteiger partial charge in [0.05, 0.1) is 24.4 Å². The SMILES string of the molecule is CC[C@@H]1C[C@]1(NC(=O)[C@@H]1C[C@@H](Oc2cc(-c3csc(NC(C)C)n3)nc3cc(OCCOC)ccc23)CN1C(=O)[C@@H](NC(=O)O[C@H]1C[C@@H]2C[C@@H]2C1)C(C)(C)C)C(=O)O. The molecule has 3 aromatic rings. The number of aliphatic carboxylic acids is 1. The summed E-state index contributed by atoms with van der Waals surface area (Å²) in [7, 11) is 1.61. The van der Waals surface area contributed by atoms with Crippen LogP contribution in [0.4, 0.5) is 9.93 Å². The van der Waals surface area contributed by atoms with E-state index in [1.807, 2.05) is 65.1 Å². The average Bonchev–Trinajstić information content (AvgIpc) is 3.83. The van der Waals surface area contributed by atoms with E-state index in [-0.39, 0.29) is 31.0 Å². The first-order valence-electron chi connectivity index (χ1n) is 20.4. The predicted octanol–water partition coefficient (Wildman–Crippen LogP) is 5.86. The number of benzene rings is 1. The van der Waals surface area contributed by atoms with Gasteiger partial charge in [-0.15, -0.1) is 11.3 Å². The second kappa shape index (κ2) is 16.5. The van der Waals surface area contributed by atoms with E-state index >= 15 is 0 Å². The standard InChI is InChI=1S/C42H56N6O9S/c1-8-25-19-42(25,38(51)52)47-36(49)33-17-28(20-48(33)37(50)35(41(4,5)6)46-40(53)57-27-14-23-13-24(23)15-27)56-34-18-31(32-21-58-39(45-32)43-22(2)3)44-30-16-26(9-10-29(30)34)55-12-11-54-7/h9-10,16,18,21-25,27-28,33,35H,8,11-15,17,19-20H2,1-7H3,(H,43,45)(H,46,53)(H,47,49)(H,51,52)/t23-,24+,25-,27-,28-,33+,35-,42-/m1/s1. The Morgan fingerprint density at radius 1 is 1.02 bits per heavy atom. The molecule has 3 aliphatic carbocycles. The monoisotopic (exact) mass is 820 g/mol. The van der Waals surface area contributed by atoms with Crippen molar-refractivity contribution in [3.8, 4) is 22.9 Å². The van der Waals surface area contributed by atoms with Crippen molar-refractivity contribution >= 4 is 51.2 Å². The van der Waals surface area contributed by atoms with Crippen LogP contribution in [0.15, 0.2) is 29.6 Å². The van der Waals surface area contributed by atoms with E-state index in [0.29, 0.717) is 71.7 Å². The summed E-state index contributed by atoms with van der Waals surface area (Å²) in [5, 5.41) is 22.5. The lowest BCUT2D eigenvalue weighted by Gasteiger charge is -2.35. The molecule has 4 aliphatic rings. The van der Waals surface area contributed by atoms with Crippen molar-refractivity contribution in [2.24, 2.45) is 23.2 Å². The number of anilines is 1. The molecule has 2 aromatic heterocycles. The van der Waals surface area contributed by atoms with Crippen LogP contribution in [0.2, 0.25) is 0 Å². The summed E-state index contributed by atoms with van der Waals surface area (Å²) in [6, 6.07) is 5.35. The Hall–Kier alpha value is -4.70. The Morgan fingerprint density at radius 2 is 1.78 bits per heavy atom. The second-order valence-electron chi connectivity index (χ2n) is 17.6. The van der Waals surface area contributed by atoms with E-state index in [1.165, 1.54) is 22.7 Å².